The zero-order valence-corrected chi connectivity index (χ0v) is 14.3. The summed E-state index contributed by atoms with van der Waals surface area (Å²) < 4.78 is 24.7. The van der Waals surface area contributed by atoms with Crippen LogP contribution >= 0.6 is 0 Å². The maximum absolute atomic E-state index is 12.3. The van der Waals surface area contributed by atoms with Crippen molar-refractivity contribution in [2.24, 2.45) is 0 Å². The molecule has 2 atom stereocenters. The second kappa shape index (κ2) is 7.57. The summed E-state index contributed by atoms with van der Waals surface area (Å²) >= 11 is 0. The Kier molecular flexibility index (Phi) is 6.01. The fourth-order valence-electron chi connectivity index (χ4n) is 3.16. The van der Waals surface area contributed by atoms with E-state index in [1.165, 1.54) is 0 Å². The van der Waals surface area contributed by atoms with Crippen LogP contribution in [0.1, 0.15) is 38.2 Å². The number of aryl methyl sites for hydroxylation is 1. The van der Waals surface area contributed by atoms with Gasteiger partial charge in [0.1, 0.15) is 0 Å². The topological polar surface area (TPSA) is 57.6 Å². The van der Waals surface area contributed by atoms with Gasteiger partial charge < -0.3 is 5.11 Å². The molecular weight excluding hydrogens is 298 g/mol. The number of rotatable bonds is 6. The molecule has 0 bridgehead atoms. The first kappa shape index (κ1) is 17.4. The van der Waals surface area contributed by atoms with Gasteiger partial charge in [0.15, 0.2) is 9.84 Å². The lowest BCUT2D eigenvalue weighted by atomic mass is 9.98. The molecule has 1 aliphatic rings. The summed E-state index contributed by atoms with van der Waals surface area (Å²) in [6, 6.07) is 7.21. The lowest BCUT2D eigenvalue weighted by Gasteiger charge is -2.37. The molecule has 5 heteroatoms. The normalized spacial score (nSPS) is 21.7. The number of likely N-dealkylation sites (tertiary alicyclic amines) is 1. The largest absolute Gasteiger partial charge is 0.392 e. The SMILES string of the molecule is Cc1ccc(S(=O)(=O)CCCN2CCCCC2C(C)O)cc1. The number of sulfone groups is 1. The minimum absolute atomic E-state index is 0.166. The Balaban J connectivity index is 1.90. The number of piperidine rings is 1. The van der Waals surface area contributed by atoms with Crippen LogP contribution < -0.4 is 0 Å². The highest BCUT2D eigenvalue weighted by Gasteiger charge is 2.26. The second-order valence-electron chi connectivity index (χ2n) is 6.33. The number of nitrogens with zero attached hydrogens (tertiary/aromatic N) is 1. The average molecular weight is 325 g/mol. The minimum Gasteiger partial charge on any atom is -0.392 e. The van der Waals surface area contributed by atoms with E-state index in [1.807, 2.05) is 26.0 Å². The molecule has 2 unspecified atom stereocenters. The van der Waals surface area contributed by atoms with E-state index in [9.17, 15) is 13.5 Å². The maximum Gasteiger partial charge on any atom is 0.178 e. The van der Waals surface area contributed by atoms with Crippen LogP contribution in [0.5, 0.6) is 0 Å². The third-order valence-corrected chi connectivity index (χ3v) is 6.28. The molecule has 4 nitrogen and oxygen atoms in total. The van der Waals surface area contributed by atoms with Crippen molar-refractivity contribution >= 4 is 9.84 Å². The standard InChI is InChI=1S/C17H27NO3S/c1-14-7-9-16(10-8-14)22(20,21)13-5-12-18-11-4-3-6-17(18)15(2)19/h7-10,15,17,19H,3-6,11-13H2,1-2H3. The van der Waals surface area contributed by atoms with E-state index in [1.54, 1.807) is 12.1 Å². The second-order valence-corrected chi connectivity index (χ2v) is 8.43. The molecule has 22 heavy (non-hydrogen) atoms. The monoisotopic (exact) mass is 325 g/mol. The molecule has 0 amide bonds. The predicted molar refractivity (Wildman–Crippen MR) is 88.7 cm³/mol. The van der Waals surface area contributed by atoms with Crippen LogP contribution in [-0.2, 0) is 9.84 Å². The van der Waals surface area contributed by atoms with E-state index in [-0.39, 0.29) is 17.9 Å². The van der Waals surface area contributed by atoms with E-state index in [0.717, 1.165) is 37.9 Å². The first-order valence-electron chi connectivity index (χ1n) is 8.12. The molecule has 1 N–H and O–H groups in total. The first-order valence-corrected chi connectivity index (χ1v) is 9.77. The zero-order chi connectivity index (χ0) is 16.2. The van der Waals surface area contributed by atoms with Crippen molar-refractivity contribution in [3.63, 3.8) is 0 Å². The van der Waals surface area contributed by atoms with Gasteiger partial charge in [-0.15, -0.1) is 0 Å². The predicted octanol–water partition coefficient (Wildman–Crippen LogP) is 2.39. The van der Waals surface area contributed by atoms with Gasteiger partial charge in [-0.05, 0) is 58.3 Å². The first-order chi connectivity index (χ1) is 10.4. The molecule has 0 radical (unpaired) electrons. The van der Waals surface area contributed by atoms with E-state index in [2.05, 4.69) is 4.90 Å². The van der Waals surface area contributed by atoms with Crippen LogP contribution in [-0.4, -0.2) is 49.4 Å². The van der Waals surface area contributed by atoms with Gasteiger partial charge in [-0.3, -0.25) is 4.90 Å². The summed E-state index contributed by atoms with van der Waals surface area (Å²) in [5.74, 6) is 0.166. The summed E-state index contributed by atoms with van der Waals surface area (Å²) in [4.78, 5) is 2.66. The molecule has 1 aromatic rings. The molecule has 0 aromatic heterocycles. The van der Waals surface area contributed by atoms with Crippen molar-refractivity contribution in [2.45, 2.75) is 56.6 Å². The van der Waals surface area contributed by atoms with Crippen molar-refractivity contribution in [2.75, 3.05) is 18.8 Å². The highest BCUT2D eigenvalue weighted by molar-refractivity contribution is 7.91. The highest BCUT2D eigenvalue weighted by Crippen LogP contribution is 2.20. The third-order valence-electron chi connectivity index (χ3n) is 4.46. The van der Waals surface area contributed by atoms with Crippen molar-refractivity contribution in [3.8, 4) is 0 Å². The fraction of sp³-hybridized carbons (Fsp3) is 0.647. The Hall–Kier alpha value is -0.910. The molecule has 1 saturated heterocycles. The number of benzene rings is 1. The van der Waals surface area contributed by atoms with Gasteiger partial charge in [-0.2, -0.15) is 0 Å². The van der Waals surface area contributed by atoms with Crippen LogP contribution in [0.15, 0.2) is 29.2 Å². The zero-order valence-electron chi connectivity index (χ0n) is 13.5. The van der Waals surface area contributed by atoms with Gasteiger partial charge in [-0.1, -0.05) is 24.1 Å². The van der Waals surface area contributed by atoms with E-state index in [0.29, 0.717) is 11.3 Å². The van der Waals surface area contributed by atoms with E-state index < -0.39 is 9.84 Å². The summed E-state index contributed by atoms with van der Waals surface area (Å²) in [5, 5.41) is 9.85. The molecule has 0 aliphatic carbocycles. The minimum atomic E-state index is -3.20. The lowest BCUT2D eigenvalue weighted by Crippen LogP contribution is -2.46. The van der Waals surface area contributed by atoms with Gasteiger partial charge in [0.05, 0.1) is 16.8 Å². The molecule has 1 aromatic carbocycles. The van der Waals surface area contributed by atoms with E-state index >= 15 is 0 Å². The number of aliphatic hydroxyl groups excluding tert-OH is 1. The van der Waals surface area contributed by atoms with Gasteiger partial charge in [0, 0.05) is 6.04 Å². The Bertz CT molecular complexity index is 566. The molecule has 0 spiro atoms. The number of aliphatic hydroxyl groups is 1. The van der Waals surface area contributed by atoms with Gasteiger partial charge in [0.2, 0.25) is 0 Å². The number of hydrogen-bond donors (Lipinski definition) is 1. The lowest BCUT2D eigenvalue weighted by molar-refractivity contribution is 0.0367. The molecule has 1 heterocycles. The molecule has 1 fully saturated rings. The van der Waals surface area contributed by atoms with Gasteiger partial charge >= 0.3 is 0 Å². The smallest absolute Gasteiger partial charge is 0.178 e. The van der Waals surface area contributed by atoms with Gasteiger partial charge in [-0.25, -0.2) is 8.42 Å². The van der Waals surface area contributed by atoms with Crippen molar-refractivity contribution in [3.05, 3.63) is 29.8 Å². The van der Waals surface area contributed by atoms with Crippen LogP contribution in [0.4, 0.5) is 0 Å². The highest BCUT2D eigenvalue weighted by atomic mass is 32.2. The summed E-state index contributed by atoms with van der Waals surface area (Å²) in [7, 11) is -3.20. The summed E-state index contributed by atoms with van der Waals surface area (Å²) in [5.41, 5.74) is 1.06. The van der Waals surface area contributed by atoms with Crippen LogP contribution in [0.25, 0.3) is 0 Å². The van der Waals surface area contributed by atoms with E-state index in [4.69, 9.17) is 0 Å². The third kappa shape index (κ3) is 4.54. The Morgan fingerprint density at radius 1 is 1.27 bits per heavy atom. The van der Waals surface area contributed by atoms with Crippen molar-refractivity contribution in [1.82, 2.24) is 4.90 Å². The Labute approximate surface area is 134 Å². The van der Waals surface area contributed by atoms with Crippen LogP contribution in [0, 0.1) is 6.92 Å². The number of hydrogen-bond acceptors (Lipinski definition) is 4. The molecule has 2 rings (SSSR count). The average Bonchev–Trinajstić information content (AvgIpc) is 2.48. The Morgan fingerprint density at radius 2 is 1.95 bits per heavy atom. The fourth-order valence-corrected chi connectivity index (χ4v) is 4.46. The molecule has 0 saturated carbocycles. The quantitative estimate of drug-likeness (QED) is 0.872. The summed E-state index contributed by atoms with van der Waals surface area (Å²) in [6.07, 6.45) is 3.54. The maximum atomic E-state index is 12.3. The van der Waals surface area contributed by atoms with Crippen molar-refractivity contribution in [1.29, 1.82) is 0 Å². The Morgan fingerprint density at radius 3 is 2.59 bits per heavy atom. The van der Waals surface area contributed by atoms with Crippen LogP contribution in [0.2, 0.25) is 0 Å². The molecular formula is C17H27NO3S. The van der Waals surface area contributed by atoms with Crippen LogP contribution in [0.3, 0.4) is 0 Å². The molecule has 124 valence electrons. The van der Waals surface area contributed by atoms with Crippen molar-refractivity contribution < 1.29 is 13.5 Å². The molecule has 1 aliphatic heterocycles. The van der Waals surface area contributed by atoms with Gasteiger partial charge in [0.25, 0.3) is 0 Å². The summed E-state index contributed by atoms with van der Waals surface area (Å²) in [6.45, 7) is 5.47.